The van der Waals surface area contributed by atoms with Crippen LogP contribution in [0.1, 0.15) is 11.1 Å². The second-order valence-electron chi connectivity index (χ2n) is 3.74. The summed E-state index contributed by atoms with van der Waals surface area (Å²) in [6, 6.07) is 3.74. The van der Waals surface area contributed by atoms with Crippen LogP contribution in [0.2, 0.25) is 0 Å². The smallest absolute Gasteiger partial charge is 0.212 e. The molecule has 17 heavy (non-hydrogen) atoms. The van der Waals surface area contributed by atoms with Crippen LogP contribution >= 0.6 is 12.2 Å². The SMILES string of the molecule is COc1ccc(-c2n[nH]c(=S)c(C)c2C)cn1. The molecule has 2 aromatic rings. The minimum atomic E-state index is 0.590. The van der Waals surface area contributed by atoms with E-state index in [1.54, 1.807) is 13.3 Å². The molecule has 0 fully saturated rings. The first-order chi connectivity index (χ1) is 8.13. The average molecular weight is 247 g/mol. The first-order valence-electron chi connectivity index (χ1n) is 5.19. The van der Waals surface area contributed by atoms with Crippen molar-refractivity contribution < 1.29 is 4.74 Å². The highest BCUT2D eigenvalue weighted by molar-refractivity contribution is 7.71. The number of nitrogens with one attached hydrogen (secondary N) is 1. The van der Waals surface area contributed by atoms with Gasteiger partial charge in [-0.2, -0.15) is 5.10 Å². The minimum Gasteiger partial charge on any atom is -0.481 e. The number of hydrogen-bond donors (Lipinski definition) is 1. The van der Waals surface area contributed by atoms with Crippen molar-refractivity contribution in [2.45, 2.75) is 13.8 Å². The lowest BCUT2D eigenvalue weighted by atomic mass is 10.1. The maximum atomic E-state index is 5.14. The van der Waals surface area contributed by atoms with Gasteiger partial charge in [0.25, 0.3) is 0 Å². The molecule has 0 spiro atoms. The number of ether oxygens (including phenoxy) is 1. The molecule has 0 aliphatic carbocycles. The molecule has 0 bridgehead atoms. The third-order valence-corrected chi connectivity index (χ3v) is 3.14. The van der Waals surface area contributed by atoms with E-state index in [1.165, 1.54) is 0 Å². The van der Waals surface area contributed by atoms with E-state index in [0.717, 1.165) is 22.4 Å². The highest BCUT2D eigenvalue weighted by atomic mass is 32.1. The molecular weight excluding hydrogens is 234 g/mol. The summed E-state index contributed by atoms with van der Waals surface area (Å²) in [7, 11) is 1.59. The largest absolute Gasteiger partial charge is 0.481 e. The summed E-state index contributed by atoms with van der Waals surface area (Å²) >= 11 is 5.14. The van der Waals surface area contributed by atoms with Crippen molar-refractivity contribution in [2.24, 2.45) is 0 Å². The number of methoxy groups -OCH3 is 1. The Morgan fingerprint density at radius 1 is 1.24 bits per heavy atom. The van der Waals surface area contributed by atoms with Crippen molar-refractivity contribution in [3.63, 3.8) is 0 Å². The van der Waals surface area contributed by atoms with Crippen LogP contribution in [0, 0.1) is 18.5 Å². The number of H-pyrrole nitrogens is 1. The third kappa shape index (κ3) is 2.19. The van der Waals surface area contributed by atoms with Crippen LogP contribution in [0.4, 0.5) is 0 Å². The van der Waals surface area contributed by atoms with Gasteiger partial charge in [0, 0.05) is 17.8 Å². The number of hydrogen-bond acceptors (Lipinski definition) is 4. The van der Waals surface area contributed by atoms with Gasteiger partial charge in [-0.3, -0.25) is 5.10 Å². The Morgan fingerprint density at radius 2 is 2.00 bits per heavy atom. The van der Waals surface area contributed by atoms with E-state index in [2.05, 4.69) is 15.2 Å². The summed E-state index contributed by atoms with van der Waals surface area (Å²) in [5, 5.41) is 7.10. The summed E-state index contributed by atoms with van der Waals surface area (Å²) in [6.07, 6.45) is 1.74. The van der Waals surface area contributed by atoms with Gasteiger partial charge in [-0.25, -0.2) is 4.98 Å². The van der Waals surface area contributed by atoms with Crippen molar-refractivity contribution in [1.29, 1.82) is 0 Å². The van der Waals surface area contributed by atoms with E-state index < -0.39 is 0 Å². The fourth-order valence-corrected chi connectivity index (χ4v) is 1.74. The van der Waals surface area contributed by atoms with Crippen molar-refractivity contribution in [3.8, 4) is 17.1 Å². The summed E-state index contributed by atoms with van der Waals surface area (Å²) in [5.41, 5.74) is 3.92. The highest BCUT2D eigenvalue weighted by Crippen LogP contribution is 2.23. The first-order valence-corrected chi connectivity index (χ1v) is 5.60. The molecule has 88 valence electrons. The molecule has 0 aromatic carbocycles. The molecule has 0 saturated heterocycles. The van der Waals surface area contributed by atoms with Crippen LogP contribution < -0.4 is 4.74 Å². The van der Waals surface area contributed by atoms with Gasteiger partial charge in [-0.15, -0.1) is 0 Å². The maximum absolute atomic E-state index is 5.14. The van der Waals surface area contributed by atoms with Gasteiger partial charge in [0.05, 0.1) is 12.8 Å². The second kappa shape index (κ2) is 4.63. The predicted molar refractivity (Wildman–Crippen MR) is 68.7 cm³/mol. The molecule has 0 atom stereocenters. The maximum Gasteiger partial charge on any atom is 0.212 e. The Bertz CT molecular complexity index is 590. The van der Waals surface area contributed by atoms with Crippen LogP contribution in [0.5, 0.6) is 5.88 Å². The zero-order valence-electron chi connectivity index (χ0n) is 9.94. The average Bonchev–Trinajstić information content (AvgIpc) is 2.36. The molecule has 0 aliphatic rings. The van der Waals surface area contributed by atoms with Crippen LogP contribution in [0.3, 0.4) is 0 Å². The number of aromatic nitrogens is 3. The van der Waals surface area contributed by atoms with Crippen LogP contribution in [0.15, 0.2) is 18.3 Å². The van der Waals surface area contributed by atoms with Gasteiger partial charge in [-0.05, 0) is 31.0 Å². The molecule has 0 aliphatic heterocycles. The zero-order valence-corrected chi connectivity index (χ0v) is 10.8. The van der Waals surface area contributed by atoms with Gasteiger partial charge in [0.1, 0.15) is 4.64 Å². The Balaban J connectivity index is 2.53. The van der Waals surface area contributed by atoms with Gasteiger partial charge in [-0.1, -0.05) is 12.2 Å². The van der Waals surface area contributed by atoms with Crippen LogP contribution in [-0.4, -0.2) is 22.3 Å². The molecule has 0 saturated carbocycles. The van der Waals surface area contributed by atoms with E-state index in [9.17, 15) is 0 Å². The molecule has 4 nitrogen and oxygen atoms in total. The van der Waals surface area contributed by atoms with E-state index >= 15 is 0 Å². The third-order valence-electron chi connectivity index (χ3n) is 2.75. The molecular formula is C12H13N3OS. The standard InChI is InChI=1S/C12H13N3OS/c1-7-8(2)12(17)15-14-11(7)9-4-5-10(16-3)13-6-9/h4-6H,1-3H3,(H,15,17). The molecule has 2 aromatic heterocycles. The van der Waals surface area contributed by atoms with Gasteiger partial charge in [0.15, 0.2) is 0 Å². The fraction of sp³-hybridized carbons (Fsp3) is 0.250. The Kier molecular flexibility index (Phi) is 3.19. The Hall–Kier alpha value is -1.75. The topological polar surface area (TPSA) is 50.8 Å². The Morgan fingerprint density at radius 3 is 2.59 bits per heavy atom. The quantitative estimate of drug-likeness (QED) is 0.829. The monoisotopic (exact) mass is 247 g/mol. The molecule has 0 unspecified atom stereocenters. The summed E-state index contributed by atoms with van der Waals surface area (Å²) in [4.78, 5) is 4.16. The van der Waals surface area contributed by atoms with E-state index in [0.29, 0.717) is 10.5 Å². The minimum absolute atomic E-state index is 0.590. The van der Waals surface area contributed by atoms with Gasteiger partial charge in [0.2, 0.25) is 5.88 Å². The lowest BCUT2D eigenvalue weighted by molar-refractivity contribution is 0.398. The molecule has 2 rings (SSSR count). The second-order valence-corrected chi connectivity index (χ2v) is 4.15. The highest BCUT2D eigenvalue weighted by Gasteiger charge is 2.07. The molecule has 0 amide bonds. The number of pyridine rings is 1. The molecule has 5 heteroatoms. The lowest BCUT2D eigenvalue weighted by Crippen LogP contribution is -1.97. The van der Waals surface area contributed by atoms with Crippen molar-refractivity contribution in [2.75, 3.05) is 7.11 Å². The number of rotatable bonds is 2. The molecule has 2 heterocycles. The van der Waals surface area contributed by atoms with E-state index in [4.69, 9.17) is 17.0 Å². The Labute approximate surface area is 105 Å². The molecule has 1 N–H and O–H groups in total. The predicted octanol–water partition coefficient (Wildman–Crippen LogP) is 2.83. The van der Waals surface area contributed by atoms with Crippen LogP contribution in [-0.2, 0) is 0 Å². The van der Waals surface area contributed by atoms with Gasteiger partial charge >= 0.3 is 0 Å². The van der Waals surface area contributed by atoms with Crippen molar-refractivity contribution >= 4 is 12.2 Å². The molecule has 0 radical (unpaired) electrons. The summed E-state index contributed by atoms with van der Waals surface area (Å²) in [5.74, 6) is 0.590. The van der Waals surface area contributed by atoms with Crippen molar-refractivity contribution in [1.82, 2.24) is 15.2 Å². The van der Waals surface area contributed by atoms with E-state index in [1.807, 2.05) is 26.0 Å². The van der Waals surface area contributed by atoms with E-state index in [-0.39, 0.29) is 0 Å². The van der Waals surface area contributed by atoms with Gasteiger partial charge < -0.3 is 4.74 Å². The summed E-state index contributed by atoms with van der Waals surface area (Å²) in [6.45, 7) is 3.99. The lowest BCUT2D eigenvalue weighted by Gasteiger charge is -2.07. The van der Waals surface area contributed by atoms with Crippen molar-refractivity contribution in [3.05, 3.63) is 34.1 Å². The zero-order chi connectivity index (χ0) is 12.4. The first kappa shape index (κ1) is 11.7. The summed E-state index contributed by atoms with van der Waals surface area (Å²) < 4.78 is 5.70. The number of aromatic amines is 1. The fourth-order valence-electron chi connectivity index (χ4n) is 1.54. The number of nitrogens with zero attached hydrogens (tertiary/aromatic N) is 2. The normalized spacial score (nSPS) is 10.3. The van der Waals surface area contributed by atoms with Crippen LogP contribution in [0.25, 0.3) is 11.3 Å².